The summed E-state index contributed by atoms with van der Waals surface area (Å²) in [4.78, 5) is 29.1. The summed E-state index contributed by atoms with van der Waals surface area (Å²) in [6.45, 7) is 3.44. The molecule has 5 nitrogen and oxygen atoms in total. The molecule has 2 heterocycles. The number of ether oxygens (including phenoxy) is 1. The zero-order valence-electron chi connectivity index (χ0n) is 14.5. The van der Waals surface area contributed by atoms with Gasteiger partial charge in [-0.05, 0) is 37.8 Å². The van der Waals surface area contributed by atoms with Crippen molar-refractivity contribution in [2.45, 2.75) is 45.1 Å². The van der Waals surface area contributed by atoms with E-state index in [0.717, 1.165) is 37.2 Å². The molecule has 2 aliphatic rings. The maximum absolute atomic E-state index is 12.9. The van der Waals surface area contributed by atoms with Crippen LogP contribution < -0.4 is 9.64 Å². The lowest BCUT2D eigenvalue weighted by atomic mass is 9.97. The quantitative estimate of drug-likeness (QED) is 0.853. The first kappa shape index (κ1) is 16.8. The molecule has 0 aromatic heterocycles. The Labute approximate surface area is 143 Å². The molecule has 0 aliphatic carbocycles. The number of benzene rings is 1. The predicted octanol–water partition coefficient (Wildman–Crippen LogP) is 2.84. The Morgan fingerprint density at radius 3 is 2.92 bits per heavy atom. The van der Waals surface area contributed by atoms with Crippen molar-refractivity contribution in [3.05, 3.63) is 24.3 Å². The Balaban J connectivity index is 1.72. The lowest BCUT2D eigenvalue weighted by Crippen LogP contribution is -2.46. The molecule has 0 N–H and O–H groups in total. The predicted molar refractivity (Wildman–Crippen MR) is 93.1 cm³/mol. The van der Waals surface area contributed by atoms with Crippen molar-refractivity contribution in [3.63, 3.8) is 0 Å². The third kappa shape index (κ3) is 3.25. The van der Waals surface area contributed by atoms with Gasteiger partial charge in [0.15, 0.2) is 0 Å². The van der Waals surface area contributed by atoms with Crippen molar-refractivity contribution in [1.29, 1.82) is 0 Å². The second-order valence-corrected chi connectivity index (χ2v) is 6.70. The minimum atomic E-state index is -0.226. The summed E-state index contributed by atoms with van der Waals surface area (Å²) in [6.07, 6.45) is 4.65. The van der Waals surface area contributed by atoms with E-state index in [1.54, 1.807) is 12.0 Å². The number of hydrogen-bond donors (Lipinski definition) is 0. The summed E-state index contributed by atoms with van der Waals surface area (Å²) >= 11 is 0. The molecule has 0 radical (unpaired) electrons. The summed E-state index contributed by atoms with van der Waals surface area (Å²) < 4.78 is 5.23. The molecule has 2 saturated heterocycles. The molecule has 2 fully saturated rings. The van der Waals surface area contributed by atoms with Crippen molar-refractivity contribution in [2.24, 2.45) is 5.92 Å². The first-order valence-corrected chi connectivity index (χ1v) is 8.89. The van der Waals surface area contributed by atoms with Gasteiger partial charge in [-0.1, -0.05) is 13.0 Å². The molecular weight excluding hydrogens is 304 g/mol. The molecule has 24 heavy (non-hydrogen) atoms. The topological polar surface area (TPSA) is 49.9 Å². The molecule has 0 bridgehead atoms. The first-order chi connectivity index (χ1) is 11.6. The number of carbonyl (C=O) groups excluding carboxylic acids is 2. The van der Waals surface area contributed by atoms with Crippen molar-refractivity contribution >= 4 is 17.5 Å². The molecule has 130 valence electrons. The highest BCUT2D eigenvalue weighted by Crippen LogP contribution is 2.30. The Kier molecular flexibility index (Phi) is 5.07. The maximum atomic E-state index is 12.9. The molecule has 2 atom stereocenters. The van der Waals surface area contributed by atoms with Crippen LogP contribution in [0.4, 0.5) is 5.69 Å². The monoisotopic (exact) mass is 330 g/mol. The van der Waals surface area contributed by atoms with Gasteiger partial charge in [0.25, 0.3) is 0 Å². The van der Waals surface area contributed by atoms with Gasteiger partial charge >= 0.3 is 0 Å². The van der Waals surface area contributed by atoms with Gasteiger partial charge in [-0.3, -0.25) is 9.59 Å². The number of hydrogen-bond acceptors (Lipinski definition) is 3. The van der Waals surface area contributed by atoms with Crippen LogP contribution >= 0.6 is 0 Å². The summed E-state index contributed by atoms with van der Waals surface area (Å²) in [5.74, 6) is 0.667. The number of piperidine rings is 1. The third-order valence-corrected chi connectivity index (χ3v) is 5.22. The molecule has 3 rings (SSSR count). The van der Waals surface area contributed by atoms with Gasteiger partial charge in [-0.15, -0.1) is 0 Å². The highest BCUT2D eigenvalue weighted by molar-refractivity contribution is 6.00. The van der Waals surface area contributed by atoms with E-state index in [1.165, 1.54) is 6.42 Å². The largest absolute Gasteiger partial charge is 0.497 e. The molecule has 0 saturated carbocycles. The van der Waals surface area contributed by atoms with Crippen molar-refractivity contribution < 1.29 is 14.3 Å². The normalized spacial score (nSPS) is 24.3. The summed E-state index contributed by atoms with van der Waals surface area (Å²) in [5.41, 5.74) is 0.806. The van der Waals surface area contributed by atoms with Gasteiger partial charge in [0.2, 0.25) is 11.8 Å². The number of amides is 2. The van der Waals surface area contributed by atoms with Crippen LogP contribution in [0.5, 0.6) is 5.75 Å². The molecular formula is C19H26N2O3. The van der Waals surface area contributed by atoms with Gasteiger partial charge in [0.1, 0.15) is 5.75 Å². The van der Waals surface area contributed by atoms with E-state index in [4.69, 9.17) is 4.74 Å². The molecule has 2 aliphatic heterocycles. The number of carbonyl (C=O) groups is 2. The van der Waals surface area contributed by atoms with Gasteiger partial charge in [-0.2, -0.15) is 0 Å². The summed E-state index contributed by atoms with van der Waals surface area (Å²) in [5, 5.41) is 0. The second-order valence-electron chi connectivity index (χ2n) is 6.70. The molecule has 1 aromatic carbocycles. The zero-order valence-corrected chi connectivity index (χ0v) is 14.5. The van der Waals surface area contributed by atoms with Crippen LogP contribution in [0, 0.1) is 5.92 Å². The number of likely N-dealkylation sites (tertiary alicyclic amines) is 1. The van der Waals surface area contributed by atoms with Gasteiger partial charge < -0.3 is 14.5 Å². The highest BCUT2D eigenvalue weighted by Gasteiger charge is 2.39. The van der Waals surface area contributed by atoms with E-state index in [2.05, 4.69) is 6.92 Å². The van der Waals surface area contributed by atoms with Crippen LogP contribution in [0.1, 0.15) is 39.0 Å². The Morgan fingerprint density at radius 2 is 2.17 bits per heavy atom. The van der Waals surface area contributed by atoms with Crippen LogP contribution in [0.15, 0.2) is 24.3 Å². The molecule has 0 spiro atoms. The third-order valence-electron chi connectivity index (χ3n) is 5.22. The van der Waals surface area contributed by atoms with Gasteiger partial charge in [0, 0.05) is 37.3 Å². The van der Waals surface area contributed by atoms with E-state index >= 15 is 0 Å². The average Bonchev–Trinajstić information content (AvgIpc) is 3.02. The molecule has 1 aromatic rings. The Morgan fingerprint density at radius 1 is 1.33 bits per heavy atom. The van der Waals surface area contributed by atoms with E-state index in [-0.39, 0.29) is 17.7 Å². The van der Waals surface area contributed by atoms with Gasteiger partial charge in [-0.25, -0.2) is 0 Å². The van der Waals surface area contributed by atoms with Crippen LogP contribution in [-0.4, -0.2) is 43.0 Å². The number of anilines is 1. The maximum Gasteiger partial charge on any atom is 0.228 e. The number of nitrogens with zero attached hydrogens (tertiary/aromatic N) is 2. The van der Waals surface area contributed by atoms with Crippen LogP contribution in [-0.2, 0) is 9.59 Å². The van der Waals surface area contributed by atoms with Crippen LogP contribution in [0.25, 0.3) is 0 Å². The number of methoxy groups -OCH3 is 1. The summed E-state index contributed by atoms with van der Waals surface area (Å²) in [7, 11) is 1.61. The Bertz CT molecular complexity index is 616. The molecule has 5 heteroatoms. The smallest absolute Gasteiger partial charge is 0.228 e. The minimum absolute atomic E-state index is 0.0201. The highest BCUT2D eigenvalue weighted by atomic mass is 16.5. The lowest BCUT2D eigenvalue weighted by Gasteiger charge is -2.36. The van der Waals surface area contributed by atoms with Crippen LogP contribution in [0.3, 0.4) is 0 Å². The van der Waals surface area contributed by atoms with E-state index < -0.39 is 0 Å². The van der Waals surface area contributed by atoms with E-state index in [9.17, 15) is 9.59 Å². The fourth-order valence-corrected chi connectivity index (χ4v) is 3.85. The minimum Gasteiger partial charge on any atom is -0.497 e. The van der Waals surface area contributed by atoms with Crippen molar-refractivity contribution in [2.75, 3.05) is 25.1 Å². The lowest BCUT2D eigenvalue weighted by molar-refractivity contribution is -0.139. The molecule has 2 unspecified atom stereocenters. The van der Waals surface area contributed by atoms with Gasteiger partial charge in [0.05, 0.1) is 13.0 Å². The second kappa shape index (κ2) is 7.24. The fraction of sp³-hybridized carbons (Fsp3) is 0.579. The zero-order chi connectivity index (χ0) is 17.1. The van der Waals surface area contributed by atoms with E-state index in [1.807, 2.05) is 29.2 Å². The average molecular weight is 330 g/mol. The van der Waals surface area contributed by atoms with Crippen LogP contribution in [0.2, 0.25) is 0 Å². The molecule has 2 amide bonds. The van der Waals surface area contributed by atoms with Crippen molar-refractivity contribution in [1.82, 2.24) is 4.90 Å². The SMILES string of the molecule is CCC1CCCCN1C(=O)C1CC(=O)N(c2cccc(OC)c2)C1. The fourth-order valence-electron chi connectivity index (χ4n) is 3.85. The standard InChI is InChI=1S/C19H26N2O3/c1-3-15-7-4-5-10-20(15)19(23)14-11-18(22)21(13-14)16-8-6-9-17(12-16)24-2/h6,8-9,12,14-15H,3-5,7,10-11,13H2,1-2H3. The van der Waals surface area contributed by atoms with Crippen molar-refractivity contribution in [3.8, 4) is 5.75 Å². The summed E-state index contributed by atoms with van der Waals surface area (Å²) in [6, 6.07) is 7.80. The number of rotatable bonds is 4. The Hall–Kier alpha value is -2.04. The van der Waals surface area contributed by atoms with E-state index in [0.29, 0.717) is 19.0 Å². The first-order valence-electron chi connectivity index (χ1n) is 8.89.